The van der Waals surface area contributed by atoms with Crippen molar-refractivity contribution in [3.8, 4) is 0 Å². The van der Waals surface area contributed by atoms with E-state index in [9.17, 15) is 0 Å². The maximum Gasteiger partial charge on any atom is 0.0847 e. The van der Waals surface area contributed by atoms with Crippen molar-refractivity contribution in [1.82, 2.24) is 20.0 Å². The van der Waals surface area contributed by atoms with Gasteiger partial charge in [-0.2, -0.15) is 5.10 Å². The van der Waals surface area contributed by atoms with E-state index in [-0.39, 0.29) is 5.54 Å². The molecule has 1 aromatic heterocycles. The lowest BCUT2D eigenvalue weighted by Gasteiger charge is -2.43. The van der Waals surface area contributed by atoms with Crippen molar-refractivity contribution < 1.29 is 0 Å². The van der Waals surface area contributed by atoms with Gasteiger partial charge in [0.05, 0.1) is 16.4 Å². The van der Waals surface area contributed by atoms with Crippen LogP contribution in [0.15, 0.2) is 0 Å². The summed E-state index contributed by atoms with van der Waals surface area (Å²) < 4.78 is 2.04. The monoisotopic (exact) mass is 314 g/mol. The van der Waals surface area contributed by atoms with Gasteiger partial charge in [-0.25, -0.2) is 0 Å². The van der Waals surface area contributed by atoms with Crippen LogP contribution in [-0.4, -0.2) is 46.9 Å². The molecule has 5 heteroatoms. The highest BCUT2D eigenvalue weighted by atomic mass is 35.5. The van der Waals surface area contributed by atoms with Gasteiger partial charge in [-0.15, -0.1) is 0 Å². The third kappa shape index (κ3) is 3.79. The average molecular weight is 315 g/mol. The van der Waals surface area contributed by atoms with Gasteiger partial charge in [-0.05, 0) is 47.8 Å². The lowest BCUT2D eigenvalue weighted by Crippen LogP contribution is -2.58. The quantitative estimate of drug-likeness (QED) is 0.800. The lowest BCUT2D eigenvalue weighted by atomic mass is 9.85. The number of nitrogens with one attached hydrogen (secondary N) is 1. The zero-order valence-corrected chi connectivity index (χ0v) is 15.4. The van der Waals surface area contributed by atoms with Gasteiger partial charge in [0, 0.05) is 24.5 Å². The maximum atomic E-state index is 6.49. The second-order valence-corrected chi connectivity index (χ2v) is 6.46. The van der Waals surface area contributed by atoms with Gasteiger partial charge in [0.2, 0.25) is 0 Å². The van der Waals surface area contributed by atoms with Crippen LogP contribution in [0, 0.1) is 6.92 Å². The first-order valence-corrected chi connectivity index (χ1v) is 8.32. The summed E-state index contributed by atoms with van der Waals surface area (Å²) in [6.45, 7) is 12.6. The van der Waals surface area contributed by atoms with E-state index in [2.05, 4.69) is 57.1 Å². The molecule has 1 aromatic rings. The highest BCUT2D eigenvalue weighted by Gasteiger charge is 2.35. The Labute approximate surface area is 134 Å². The van der Waals surface area contributed by atoms with Gasteiger partial charge < -0.3 is 10.2 Å². The molecule has 0 spiro atoms. The van der Waals surface area contributed by atoms with Crippen molar-refractivity contribution in [2.24, 2.45) is 0 Å². The van der Waals surface area contributed by atoms with Crippen molar-refractivity contribution in [2.75, 3.05) is 20.6 Å². The van der Waals surface area contributed by atoms with Crippen molar-refractivity contribution in [1.29, 1.82) is 0 Å². The molecule has 0 aliphatic heterocycles. The predicted octanol–water partition coefficient (Wildman–Crippen LogP) is 3.12. The van der Waals surface area contributed by atoms with Crippen LogP contribution in [0.5, 0.6) is 0 Å². The Morgan fingerprint density at radius 1 is 1.33 bits per heavy atom. The second kappa shape index (κ2) is 7.61. The topological polar surface area (TPSA) is 33.1 Å². The van der Waals surface area contributed by atoms with E-state index in [4.69, 9.17) is 11.6 Å². The predicted molar refractivity (Wildman–Crippen MR) is 91.2 cm³/mol. The van der Waals surface area contributed by atoms with Gasteiger partial charge in [0.1, 0.15) is 0 Å². The summed E-state index contributed by atoms with van der Waals surface area (Å²) >= 11 is 6.49. The molecule has 0 aromatic carbocycles. The van der Waals surface area contributed by atoms with Crippen molar-refractivity contribution in [3.05, 3.63) is 16.4 Å². The molecule has 1 N–H and O–H groups in total. The minimum Gasteiger partial charge on any atom is -0.312 e. The summed E-state index contributed by atoms with van der Waals surface area (Å²) in [4.78, 5) is 2.31. The molecule has 2 atom stereocenters. The van der Waals surface area contributed by atoms with Gasteiger partial charge >= 0.3 is 0 Å². The number of halogens is 1. The highest BCUT2D eigenvalue weighted by molar-refractivity contribution is 6.31. The minimum atomic E-state index is 0.0794. The fourth-order valence-corrected chi connectivity index (χ4v) is 3.10. The zero-order valence-electron chi connectivity index (χ0n) is 14.6. The average Bonchev–Trinajstić information content (AvgIpc) is 2.73. The Bertz CT molecular complexity index is 455. The van der Waals surface area contributed by atoms with E-state index >= 15 is 0 Å². The summed E-state index contributed by atoms with van der Waals surface area (Å²) in [6.07, 6.45) is 1.97. The normalized spacial score (nSPS) is 16.2. The Morgan fingerprint density at radius 3 is 2.38 bits per heavy atom. The van der Waals surface area contributed by atoms with Gasteiger partial charge in [-0.1, -0.05) is 25.4 Å². The largest absolute Gasteiger partial charge is 0.312 e. The fourth-order valence-electron chi connectivity index (χ4n) is 2.89. The van der Waals surface area contributed by atoms with E-state index in [0.717, 1.165) is 42.3 Å². The number of hydrogen-bond acceptors (Lipinski definition) is 3. The van der Waals surface area contributed by atoms with Crippen molar-refractivity contribution >= 4 is 11.6 Å². The summed E-state index contributed by atoms with van der Waals surface area (Å²) in [5.74, 6) is 0. The molecule has 21 heavy (non-hydrogen) atoms. The summed E-state index contributed by atoms with van der Waals surface area (Å²) in [5.41, 5.74) is 2.15. The van der Waals surface area contributed by atoms with Crippen LogP contribution >= 0.6 is 11.6 Å². The van der Waals surface area contributed by atoms with E-state index in [0.29, 0.717) is 6.04 Å². The molecule has 1 heterocycles. The molecule has 2 unspecified atom stereocenters. The molecule has 0 aliphatic carbocycles. The number of nitrogens with zero attached hydrogens (tertiary/aromatic N) is 3. The molecule has 0 amide bonds. The standard InChI is InChI=1S/C16H31ClN4/c1-8-16(5,20(6)7)14(18-9-2)11-13-15(17)12(4)19-21(13)10-3/h14,18H,8-11H2,1-7H3. The molecular formula is C16H31ClN4. The molecule has 0 radical (unpaired) electrons. The smallest absolute Gasteiger partial charge is 0.0847 e. The van der Waals surface area contributed by atoms with E-state index in [1.165, 1.54) is 0 Å². The first kappa shape index (κ1) is 18.5. The number of hydrogen-bond donors (Lipinski definition) is 1. The third-order valence-corrected chi connectivity index (χ3v) is 5.28. The Balaban J connectivity index is 3.14. The number of likely N-dealkylation sites (N-methyl/N-ethyl adjacent to an activating group) is 2. The Morgan fingerprint density at radius 2 is 1.95 bits per heavy atom. The van der Waals surface area contributed by atoms with Crippen LogP contribution in [0.2, 0.25) is 5.02 Å². The van der Waals surface area contributed by atoms with E-state index in [1.807, 2.05) is 11.6 Å². The van der Waals surface area contributed by atoms with E-state index < -0.39 is 0 Å². The number of aromatic nitrogens is 2. The van der Waals surface area contributed by atoms with Crippen LogP contribution in [0.3, 0.4) is 0 Å². The van der Waals surface area contributed by atoms with E-state index in [1.54, 1.807) is 0 Å². The van der Waals surface area contributed by atoms with Crippen LogP contribution in [-0.2, 0) is 13.0 Å². The zero-order chi connectivity index (χ0) is 16.2. The highest BCUT2D eigenvalue weighted by Crippen LogP contribution is 2.28. The van der Waals surface area contributed by atoms with Crippen LogP contribution in [0.1, 0.15) is 45.5 Å². The molecular weight excluding hydrogens is 284 g/mol. The molecule has 0 fully saturated rings. The number of aryl methyl sites for hydroxylation is 2. The summed E-state index contributed by atoms with van der Waals surface area (Å²) in [6, 6.07) is 0.335. The first-order valence-electron chi connectivity index (χ1n) is 7.94. The number of rotatable bonds is 8. The molecule has 0 aliphatic rings. The molecule has 0 saturated heterocycles. The van der Waals surface area contributed by atoms with Crippen LogP contribution in [0.4, 0.5) is 0 Å². The summed E-state index contributed by atoms with van der Waals surface area (Å²) in [7, 11) is 4.30. The Hall–Kier alpha value is -0.580. The Kier molecular flexibility index (Phi) is 6.70. The summed E-state index contributed by atoms with van der Waals surface area (Å²) in [5, 5.41) is 9.00. The molecule has 4 nitrogen and oxygen atoms in total. The molecule has 0 saturated carbocycles. The van der Waals surface area contributed by atoms with Crippen molar-refractivity contribution in [3.63, 3.8) is 0 Å². The van der Waals surface area contributed by atoms with Gasteiger partial charge in [0.25, 0.3) is 0 Å². The van der Waals surface area contributed by atoms with Crippen LogP contribution in [0.25, 0.3) is 0 Å². The molecule has 122 valence electrons. The maximum absolute atomic E-state index is 6.49. The third-order valence-electron chi connectivity index (χ3n) is 4.79. The lowest BCUT2D eigenvalue weighted by molar-refractivity contribution is 0.112. The van der Waals surface area contributed by atoms with Crippen molar-refractivity contribution in [2.45, 2.75) is 65.6 Å². The fraction of sp³-hybridized carbons (Fsp3) is 0.812. The molecule has 0 bridgehead atoms. The van der Waals surface area contributed by atoms with Gasteiger partial charge in [0.15, 0.2) is 0 Å². The second-order valence-electron chi connectivity index (χ2n) is 6.08. The minimum absolute atomic E-state index is 0.0794. The van der Waals surface area contributed by atoms with Gasteiger partial charge in [-0.3, -0.25) is 4.68 Å². The SMILES string of the molecule is CCNC(Cc1c(Cl)c(C)nn1CC)C(C)(CC)N(C)C. The molecule has 1 rings (SSSR count). The van der Waals surface area contributed by atoms with Crippen LogP contribution < -0.4 is 5.32 Å². The first-order chi connectivity index (χ1) is 9.81.